The molecule has 6 nitrogen and oxygen atoms in total. The molecule has 0 saturated heterocycles. The van der Waals surface area contributed by atoms with Crippen molar-refractivity contribution >= 4 is 23.3 Å². The molecule has 40 heavy (non-hydrogen) atoms. The van der Waals surface area contributed by atoms with Gasteiger partial charge in [-0.15, -0.1) is 5.10 Å². The molecule has 0 radical (unpaired) electrons. The third kappa shape index (κ3) is 4.24. The molecule has 0 fully saturated rings. The van der Waals surface area contributed by atoms with Gasteiger partial charge in [-0.1, -0.05) is 127 Å². The van der Waals surface area contributed by atoms with Crippen molar-refractivity contribution in [2.45, 2.75) is 17.9 Å². The Bertz CT molecular complexity index is 1620. The molecule has 0 unspecified atom stereocenters. The molecular weight excluding hydrogens is 494 g/mol. The fourth-order valence-electron chi connectivity index (χ4n) is 5.67. The van der Waals surface area contributed by atoms with E-state index in [4.69, 9.17) is 15.3 Å². The van der Waals surface area contributed by atoms with Gasteiger partial charge >= 0.3 is 0 Å². The molecule has 2 aromatic heterocycles. The molecule has 6 rings (SSSR count). The van der Waals surface area contributed by atoms with Gasteiger partial charge in [0.25, 0.3) is 0 Å². The first-order valence-electron chi connectivity index (χ1n) is 13.4. The number of benzene rings is 4. The van der Waals surface area contributed by atoms with Crippen molar-refractivity contribution in [1.82, 2.24) is 20.0 Å². The maximum atomic E-state index is 11.9. The fraction of sp³-hybridized carbons (Fsp3) is 0.118. The average Bonchev–Trinajstić information content (AvgIpc) is 3.46. The number of carbonyl (C=O) groups is 1. The van der Waals surface area contributed by atoms with Crippen LogP contribution < -0.4 is 5.32 Å². The molecule has 6 heteroatoms. The van der Waals surface area contributed by atoms with Gasteiger partial charge in [-0.2, -0.15) is 0 Å². The molecule has 1 atom stereocenters. The van der Waals surface area contributed by atoms with Crippen LogP contribution in [0.3, 0.4) is 0 Å². The van der Waals surface area contributed by atoms with E-state index in [-0.39, 0.29) is 5.92 Å². The minimum Gasteiger partial charge on any atom is -0.373 e. The molecule has 0 aliphatic carbocycles. The Hall–Kier alpha value is -5.10. The maximum Gasteiger partial charge on any atom is 0.182 e. The first-order chi connectivity index (χ1) is 19.8. The lowest BCUT2D eigenvalue weighted by Crippen LogP contribution is -2.39. The number of nitrogens with zero attached hydrogens (tertiary/aromatic N) is 4. The molecule has 0 amide bonds. The second-order valence-corrected chi connectivity index (χ2v) is 9.69. The third-order valence-corrected chi connectivity index (χ3v) is 7.50. The summed E-state index contributed by atoms with van der Waals surface area (Å²) in [5.74, 6) is 0.488. The lowest BCUT2D eigenvalue weighted by molar-refractivity contribution is -0.108. The van der Waals surface area contributed by atoms with E-state index in [1.54, 1.807) is 0 Å². The highest BCUT2D eigenvalue weighted by atomic mass is 16.1. The van der Waals surface area contributed by atoms with Crippen molar-refractivity contribution in [3.63, 3.8) is 0 Å². The summed E-state index contributed by atoms with van der Waals surface area (Å²) in [6, 6.07) is 43.1. The summed E-state index contributed by atoms with van der Waals surface area (Å²) in [5, 5.41) is 12.9. The summed E-state index contributed by atoms with van der Waals surface area (Å²) >= 11 is 0. The van der Waals surface area contributed by atoms with Gasteiger partial charge in [-0.25, -0.2) is 9.67 Å². The predicted octanol–water partition coefficient (Wildman–Crippen LogP) is 6.43. The highest BCUT2D eigenvalue weighted by molar-refractivity contribution is 5.80. The Morgan fingerprint density at radius 1 is 0.775 bits per heavy atom. The Morgan fingerprint density at radius 2 is 1.27 bits per heavy atom. The molecule has 4 aromatic carbocycles. The minimum absolute atomic E-state index is 0.193. The van der Waals surface area contributed by atoms with E-state index in [1.165, 1.54) is 0 Å². The van der Waals surface area contributed by atoms with Crippen molar-refractivity contribution < 1.29 is 4.79 Å². The largest absolute Gasteiger partial charge is 0.373 e. The van der Waals surface area contributed by atoms with Gasteiger partial charge in [0.1, 0.15) is 23.2 Å². The molecular formula is C34H29N5O. The molecule has 0 spiro atoms. The van der Waals surface area contributed by atoms with E-state index in [0.717, 1.165) is 34.1 Å². The third-order valence-electron chi connectivity index (χ3n) is 7.50. The van der Waals surface area contributed by atoms with E-state index in [9.17, 15) is 4.79 Å². The number of hydrogen-bond acceptors (Lipinski definition) is 5. The van der Waals surface area contributed by atoms with Crippen LogP contribution in [0.5, 0.6) is 0 Å². The van der Waals surface area contributed by atoms with Crippen LogP contribution >= 0.6 is 0 Å². The van der Waals surface area contributed by atoms with E-state index in [2.05, 4.69) is 41.7 Å². The topological polar surface area (TPSA) is 72.7 Å². The number of nitrogens with one attached hydrogen (secondary N) is 1. The lowest BCUT2D eigenvalue weighted by Gasteiger charge is -2.36. The zero-order chi connectivity index (χ0) is 27.4. The molecule has 0 bridgehead atoms. The van der Waals surface area contributed by atoms with Gasteiger partial charge in [0.2, 0.25) is 0 Å². The number of pyridine rings is 1. The van der Waals surface area contributed by atoms with E-state index in [1.807, 2.05) is 103 Å². The SMILES string of the molecule is CNc1cc([C@H](CC=O)c2ccccc2)c2nnn(C(c3ccccc3)(c3ccccc3)c3ccccc3)c2n1. The van der Waals surface area contributed by atoms with Crippen LogP contribution in [0.4, 0.5) is 5.82 Å². The quantitative estimate of drug-likeness (QED) is 0.175. The Kier molecular flexibility index (Phi) is 6.89. The maximum absolute atomic E-state index is 11.9. The number of anilines is 1. The van der Waals surface area contributed by atoms with Gasteiger partial charge in [0.05, 0.1) is 0 Å². The molecule has 6 aromatic rings. The number of fused-ring (bicyclic) bond motifs is 1. The molecule has 196 valence electrons. The van der Waals surface area contributed by atoms with Gasteiger partial charge in [-0.3, -0.25) is 0 Å². The smallest absolute Gasteiger partial charge is 0.182 e. The first kappa shape index (κ1) is 25.2. The van der Waals surface area contributed by atoms with Crippen LogP contribution in [0, 0.1) is 0 Å². The number of aldehydes is 1. The molecule has 1 N–H and O–H groups in total. The number of rotatable bonds is 9. The fourth-order valence-corrected chi connectivity index (χ4v) is 5.67. The second kappa shape index (κ2) is 10.9. The Balaban J connectivity index is 1.72. The summed E-state index contributed by atoms with van der Waals surface area (Å²) in [6.07, 6.45) is 1.29. The van der Waals surface area contributed by atoms with Crippen molar-refractivity contribution in [3.8, 4) is 0 Å². The van der Waals surface area contributed by atoms with E-state index >= 15 is 0 Å². The minimum atomic E-state index is -0.859. The van der Waals surface area contributed by atoms with E-state index < -0.39 is 5.54 Å². The van der Waals surface area contributed by atoms with E-state index in [0.29, 0.717) is 23.4 Å². The number of hydrogen-bond donors (Lipinski definition) is 1. The number of aromatic nitrogens is 4. The van der Waals surface area contributed by atoms with Crippen LogP contribution in [0.1, 0.15) is 40.2 Å². The Morgan fingerprint density at radius 3 is 1.75 bits per heavy atom. The molecule has 2 heterocycles. The highest BCUT2D eigenvalue weighted by Gasteiger charge is 2.41. The summed E-state index contributed by atoms with van der Waals surface area (Å²) < 4.78 is 1.94. The average molecular weight is 524 g/mol. The number of carbonyl (C=O) groups excluding carboxylic acids is 1. The monoisotopic (exact) mass is 523 g/mol. The molecule has 0 saturated carbocycles. The van der Waals surface area contributed by atoms with Gasteiger partial charge in [0.15, 0.2) is 5.65 Å². The normalized spacial score (nSPS) is 12.2. The summed E-state index contributed by atoms with van der Waals surface area (Å²) in [4.78, 5) is 16.9. The second-order valence-electron chi connectivity index (χ2n) is 9.69. The van der Waals surface area contributed by atoms with Gasteiger partial charge in [-0.05, 0) is 33.9 Å². The molecule has 0 aliphatic rings. The van der Waals surface area contributed by atoms with Crippen LogP contribution in [-0.2, 0) is 10.3 Å². The van der Waals surface area contributed by atoms with Crippen molar-refractivity contribution in [3.05, 3.63) is 155 Å². The van der Waals surface area contributed by atoms with Crippen molar-refractivity contribution in [2.75, 3.05) is 12.4 Å². The van der Waals surface area contributed by atoms with Crippen molar-refractivity contribution in [1.29, 1.82) is 0 Å². The van der Waals surface area contributed by atoms with Gasteiger partial charge in [0, 0.05) is 19.4 Å². The van der Waals surface area contributed by atoms with Crippen LogP contribution in [0.25, 0.3) is 11.2 Å². The zero-order valence-electron chi connectivity index (χ0n) is 22.2. The van der Waals surface area contributed by atoms with Crippen molar-refractivity contribution in [2.24, 2.45) is 0 Å². The summed E-state index contributed by atoms with van der Waals surface area (Å²) in [5.41, 5.74) is 5.48. The zero-order valence-corrected chi connectivity index (χ0v) is 22.2. The summed E-state index contributed by atoms with van der Waals surface area (Å²) in [6.45, 7) is 0. The first-order valence-corrected chi connectivity index (χ1v) is 13.4. The van der Waals surface area contributed by atoms with Crippen LogP contribution in [0.15, 0.2) is 127 Å². The lowest BCUT2D eigenvalue weighted by atomic mass is 9.77. The summed E-state index contributed by atoms with van der Waals surface area (Å²) in [7, 11) is 1.85. The highest BCUT2D eigenvalue weighted by Crippen LogP contribution is 2.43. The van der Waals surface area contributed by atoms with Crippen LogP contribution in [0.2, 0.25) is 0 Å². The van der Waals surface area contributed by atoms with Gasteiger partial charge < -0.3 is 10.1 Å². The van der Waals surface area contributed by atoms with Crippen LogP contribution in [-0.4, -0.2) is 33.3 Å². The standard InChI is InChI=1S/C34H29N5O/c1-35-31-24-30(29(22-23-40)25-14-6-2-7-15-25)32-33(36-31)39(38-37-32)34(26-16-8-3-9-17-26,27-18-10-4-11-19-27)28-20-12-5-13-21-28/h2-21,23-24,29H,22H2,1H3,(H,35,36)/t29-/m1/s1. The molecule has 0 aliphatic heterocycles. The Labute approximate surface area is 233 Å². The predicted molar refractivity (Wildman–Crippen MR) is 158 cm³/mol.